The van der Waals surface area contributed by atoms with E-state index in [-0.39, 0.29) is 5.75 Å². The molecule has 24 heavy (non-hydrogen) atoms. The van der Waals surface area contributed by atoms with Crippen molar-refractivity contribution in [2.75, 3.05) is 0 Å². The zero-order chi connectivity index (χ0) is 16.4. The molecule has 0 aliphatic heterocycles. The second-order valence-electron chi connectivity index (χ2n) is 5.29. The van der Waals surface area contributed by atoms with E-state index < -0.39 is 0 Å². The number of nitrogens with zero attached hydrogens (tertiary/aromatic N) is 2. The molecule has 6 heteroatoms. The van der Waals surface area contributed by atoms with Crippen LogP contribution in [0.5, 0.6) is 5.75 Å². The maximum Gasteiger partial charge on any atom is 0.247 e. The van der Waals surface area contributed by atoms with E-state index in [4.69, 9.17) is 8.83 Å². The Balaban J connectivity index is 1.38. The standard InChI is InChI=1S/C18H14N2O3S/c21-14-7-5-12(6-8-14)18-20-19-17(23-18)11-24-10-15-9-13-3-1-2-4-16(13)22-15/h1-9,21H,10-11H2. The second-order valence-corrected chi connectivity index (χ2v) is 6.28. The molecule has 0 aliphatic rings. The predicted molar refractivity (Wildman–Crippen MR) is 92.6 cm³/mol. The van der Waals surface area contributed by atoms with Crippen molar-refractivity contribution in [3.63, 3.8) is 0 Å². The lowest BCUT2D eigenvalue weighted by atomic mass is 10.2. The summed E-state index contributed by atoms with van der Waals surface area (Å²) in [6.45, 7) is 0. The Morgan fingerprint density at radius 1 is 0.917 bits per heavy atom. The summed E-state index contributed by atoms with van der Waals surface area (Å²) < 4.78 is 11.4. The summed E-state index contributed by atoms with van der Waals surface area (Å²) in [6.07, 6.45) is 0. The van der Waals surface area contributed by atoms with Gasteiger partial charge in [-0.15, -0.1) is 22.0 Å². The van der Waals surface area contributed by atoms with Gasteiger partial charge in [0.25, 0.3) is 0 Å². The van der Waals surface area contributed by atoms with Crippen LogP contribution in [0.1, 0.15) is 11.7 Å². The Kier molecular flexibility index (Phi) is 3.96. The van der Waals surface area contributed by atoms with Crippen molar-refractivity contribution >= 4 is 22.7 Å². The zero-order valence-electron chi connectivity index (χ0n) is 12.7. The molecule has 0 bridgehead atoms. The average molecular weight is 338 g/mol. The molecule has 2 aromatic heterocycles. The Labute approximate surface area is 142 Å². The number of phenols is 1. The van der Waals surface area contributed by atoms with Gasteiger partial charge in [0.2, 0.25) is 11.8 Å². The number of aromatic hydroxyl groups is 1. The van der Waals surface area contributed by atoms with E-state index in [9.17, 15) is 5.11 Å². The van der Waals surface area contributed by atoms with Crippen LogP contribution in [0.3, 0.4) is 0 Å². The average Bonchev–Trinajstić information content (AvgIpc) is 3.22. The number of thioether (sulfide) groups is 1. The van der Waals surface area contributed by atoms with E-state index in [0.717, 1.165) is 28.0 Å². The van der Waals surface area contributed by atoms with Crippen LogP contribution in [0.2, 0.25) is 0 Å². The van der Waals surface area contributed by atoms with Crippen molar-refractivity contribution in [1.29, 1.82) is 0 Å². The highest BCUT2D eigenvalue weighted by Crippen LogP contribution is 2.25. The molecule has 0 spiro atoms. The first-order valence-electron chi connectivity index (χ1n) is 7.45. The van der Waals surface area contributed by atoms with Crippen LogP contribution in [0.4, 0.5) is 0 Å². The Morgan fingerprint density at radius 2 is 1.75 bits per heavy atom. The molecule has 0 atom stereocenters. The molecule has 0 aliphatic carbocycles. The maximum absolute atomic E-state index is 9.31. The van der Waals surface area contributed by atoms with Gasteiger partial charge in [-0.25, -0.2) is 0 Å². The monoisotopic (exact) mass is 338 g/mol. The number of phenolic OH excluding ortho intramolecular Hbond substituents is 1. The van der Waals surface area contributed by atoms with Crippen molar-refractivity contribution in [3.05, 3.63) is 66.2 Å². The van der Waals surface area contributed by atoms with Crippen molar-refractivity contribution in [3.8, 4) is 17.2 Å². The van der Waals surface area contributed by atoms with E-state index in [1.807, 2.05) is 24.3 Å². The molecule has 4 rings (SSSR count). The van der Waals surface area contributed by atoms with Crippen LogP contribution in [0.15, 0.2) is 63.4 Å². The summed E-state index contributed by atoms with van der Waals surface area (Å²) in [5.41, 5.74) is 1.69. The van der Waals surface area contributed by atoms with Crippen LogP contribution < -0.4 is 0 Å². The van der Waals surface area contributed by atoms with Crippen molar-refractivity contribution in [2.24, 2.45) is 0 Å². The van der Waals surface area contributed by atoms with E-state index in [1.165, 1.54) is 0 Å². The maximum atomic E-state index is 9.31. The van der Waals surface area contributed by atoms with Gasteiger partial charge in [0, 0.05) is 10.9 Å². The van der Waals surface area contributed by atoms with E-state index in [2.05, 4.69) is 16.3 Å². The van der Waals surface area contributed by atoms with Gasteiger partial charge in [0.15, 0.2) is 0 Å². The molecular weight excluding hydrogens is 324 g/mol. The third-order valence-corrected chi connectivity index (χ3v) is 4.47. The minimum absolute atomic E-state index is 0.208. The lowest BCUT2D eigenvalue weighted by Crippen LogP contribution is -1.81. The Hall–Kier alpha value is -2.73. The zero-order valence-corrected chi connectivity index (χ0v) is 13.5. The van der Waals surface area contributed by atoms with Crippen LogP contribution in [-0.4, -0.2) is 15.3 Å². The van der Waals surface area contributed by atoms with Gasteiger partial charge in [-0.2, -0.15) is 0 Å². The van der Waals surface area contributed by atoms with Gasteiger partial charge < -0.3 is 13.9 Å². The highest BCUT2D eigenvalue weighted by molar-refractivity contribution is 7.97. The minimum atomic E-state index is 0.208. The Bertz CT molecular complexity index is 927. The summed E-state index contributed by atoms with van der Waals surface area (Å²) in [7, 11) is 0. The molecule has 2 heterocycles. The first kappa shape index (κ1) is 14.8. The lowest BCUT2D eigenvalue weighted by molar-refractivity contribution is 0.475. The number of rotatable bonds is 5. The molecule has 4 aromatic rings. The number of benzene rings is 2. The highest BCUT2D eigenvalue weighted by atomic mass is 32.2. The molecule has 0 saturated heterocycles. The van der Waals surface area contributed by atoms with Crippen LogP contribution >= 0.6 is 11.8 Å². The van der Waals surface area contributed by atoms with Crippen molar-refractivity contribution in [2.45, 2.75) is 11.5 Å². The van der Waals surface area contributed by atoms with Crippen LogP contribution in [0.25, 0.3) is 22.4 Å². The molecular formula is C18H14N2O3S. The Morgan fingerprint density at radius 3 is 2.58 bits per heavy atom. The van der Waals surface area contributed by atoms with E-state index in [1.54, 1.807) is 36.0 Å². The van der Waals surface area contributed by atoms with Gasteiger partial charge in [0.1, 0.15) is 17.1 Å². The topological polar surface area (TPSA) is 72.3 Å². The normalized spacial score (nSPS) is 11.2. The summed E-state index contributed by atoms with van der Waals surface area (Å²) in [5.74, 6) is 3.51. The first-order valence-corrected chi connectivity index (χ1v) is 8.60. The molecule has 0 radical (unpaired) electrons. The number of hydrogen-bond donors (Lipinski definition) is 1. The third-order valence-electron chi connectivity index (χ3n) is 3.53. The smallest absolute Gasteiger partial charge is 0.247 e. The summed E-state index contributed by atoms with van der Waals surface area (Å²) in [6, 6.07) is 16.7. The van der Waals surface area contributed by atoms with Gasteiger partial charge in [-0.3, -0.25) is 0 Å². The molecule has 2 aromatic carbocycles. The quantitative estimate of drug-likeness (QED) is 0.572. The minimum Gasteiger partial charge on any atom is -0.508 e. The number of furan rings is 1. The molecule has 0 amide bonds. The van der Waals surface area contributed by atoms with Gasteiger partial charge >= 0.3 is 0 Å². The number of hydrogen-bond acceptors (Lipinski definition) is 6. The summed E-state index contributed by atoms with van der Waals surface area (Å²) >= 11 is 1.66. The van der Waals surface area contributed by atoms with Gasteiger partial charge in [-0.05, 0) is 36.4 Å². The van der Waals surface area contributed by atoms with Crippen LogP contribution in [-0.2, 0) is 11.5 Å². The number of aromatic nitrogens is 2. The summed E-state index contributed by atoms with van der Waals surface area (Å²) in [4.78, 5) is 0. The molecule has 0 unspecified atom stereocenters. The van der Waals surface area contributed by atoms with E-state index >= 15 is 0 Å². The molecule has 0 fully saturated rings. The van der Waals surface area contributed by atoms with E-state index in [0.29, 0.717) is 17.5 Å². The second kappa shape index (κ2) is 6.41. The molecule has 120 valence electrons. The van der Waals surface area contributed by atoms with Crippen molar-refractivity contribution < 1.29 is 13.9 Å². The van der Waals surface area contributed by atoms with Crippen molar-refractivity contribution in [1.82, 2.24) is 10.2 Å². The largest absolute Gasteiger partial charge is 0.508 e. The SMILES string of the molecule is Oc1ccc(-c2nnc(CSCc3cc4ccccc4o3)o2)cc1. The molecule has 1 N–H and O–H groups in total. The van der Waals surface area contributed by atoms with Crippen LogP contribution in [0, 0.1) is 0 Å². The lowest BCUT2D eigenvalue weighted by Gasteiger charge is -1.96. The fraction of sp³-hybridized carbons (Fsp3) is 0.111. The van der Waals surface area contributed by atoms with Gasteiger partial charge in [-0.1, -0.05) is 18.2 Å². The van der Waals surface area contributed by atoms with Gasteiger partial charge in [0.05, 0.1) is 11.5 Å². The first-order chi connectivity index (χ1) is 11.8. The molecule has 0 saturated carbocycles. The fourth-order valence-electron chi connectivity index (χ4n) is 2.38. The third kappa shape index (κ3) is 3.14. The predicted octanol–water partition coefficient (Wildman–Crippen LogP) is 4.62. The molecule has 5 nitrogen and oxygen atoms in total. The summed E-state index contributed by atoms with van der Waals surface area (Å²) in [5, 5.41) is 18.5. The fourth-order valence-corrected chi connectivity index (χ4v) is 3.12. The number of fused-ring (bicyclic) bond motifs is 1. The number of para-hydroxylation sites is 1. The highest BCUT2D eigenvalue weighted by Gasteiger charge is 2.09.